The second-order valence-electron chi connectivity index (χ2n) is 6.93. The van der Waals surface area contributed by atoms with Crippen LogP contribution in [0.25, 0.3) is 5.69 Å². The highest BCUT2D eigenvalue weighted by Gasteiger charge is 2.29. The highest BCUT2D eigenvalue weighted by atomic mass is 32.2. The van der Waals surface area contributed by atoms with Crippen molar-refractivity contribution in [3.05, 3.63) is 35.5 Å². The van der Waals surface area contributed by atoms with Gasteiger partial charge in [0.15, 0.2) is 0 Å². The van der Waals surface area contributed by atoms with Crippen LogP contribution < -0.4 is 10.1 Å². The van der Waals surface area contributed by atoms with E-state index >= 15 is 0 Å². The van der Waals surface area contributed by atoms with E-state index in [0.717, 1.165) is 47.3 Å². The fourth-order valence-electron chi connectivity index (χ4n) is 3.37. The van der Waals surface area contributed by atoms with E-state index < -0.39 is 11.8 Å². The average Bonchev–Trinajstić information content (AvgIpc) is 3.31. The molecule has 2 aromatic rings. The van der Waals surface area contributed by atoms with Crippen LogP contribution in [0, 0.1) is 0 Å². The van der Waals surface area contributed by atoms with Crippen molar-refractivity contribution in [3.63, 3.8) is 0 Å². The zero-order valence-electron chi connectivity index (χ0n) is 16.0. The smallest absolute Gasteiger partial charge is 0.315 e. The van der Waals surface area contributed by atoms with Gasteiger partial charge in [-0.25, -0.2) is 4.68 Å². The molecule has 3 heterocycles. The number of fused-ring (bicyclic) bond motifs is 1. The lowest BCUT2D eigenvalue weighted by Crippen LogP contribution is -2.50. The summed E-state index contributed by atoms with van der Waals surface area (Å²) in [5, 5.41) is 7.50. The molecule has 1 aromatic carbocycles. The maximum Gasteiger partial charge on any atom is 0.315 e. The Hall–Kier alpha value is -2.52. The summed E-state index contributed by atoms with van der Waals surface area (Å²) in [6, 6.07) is 7.45. The molecular weight excluding hydrogens is 378 g/mol. The van der Waals surface area contributed by atoms with Crippen LogP contribution >= 0.6 is 11.8 Å². The number of likely N-dealkylation sites (N-methyl/N-ethyl adjacent to an activating group) is 1. The number of thioether (sulfide) groups is 1. The van der Waals surface area contributed by atoms with Crippen LogP contribution in [0.5, 0.6) is 5.75 Å². The maximum absolute atomic E-state index is 12.7. The van der Waals surface area contributed by atoms with Crippen LogP contribution in [0.1, 0.15) is 11.3 Å². The molecule has 0 aliphatic carbocycles. The zero-order valence-corrected chi connectivity index (χ0v) is 16.8. The van der Waals surface area contributed by atoms with Gasteiger partial charge in [0.05, 0.1) is 18.5 Å². The summed E-state index contributed by atoms with van der Waals surface area (Å²) in [5.74, 6) is 1.79. The monoisotopic (exact) mass is 401 g/mol. The highest BCUT2D eigenvalue weighted by molar-refractivity contribution is 7.98. The molecule has 1 fully saturated rings. The molecule has 1 aromatic heterocycles. The predicted molar refractivity (Wildman–Crippen MR) is 108 cm³/mol. The number of anilines is 1. The van der Waals surface area contributed by atoms with E-state index in [0.29, 0.717) is 18.9 Å². The van der Waals surface area contributed by atoms with Crippen LogP contribution in [0.4, 0.5) is 5.82 Å². The first-order valence-electron chi connectivity index (χ1n) is 9.18. The van der Waals surface area contributed by atoms with Gasteiger partial charge in [-0.15, -0.1) is 0 Å². The molecule has 1 saturated heterocycles. The van der Waals surface area contributed by atoms with Gasteiger partial charge >= 0.3 is 11.8 Å². The van der Waals surface area contributed by atoms with Crippen LogP contribution in [-0.4, -0.2) is 71.7 Å². The van der Waals surface area contributed by atoms with Gasteiger partial charge in [0.2, 0.25) is 0 Å². The third-order valence-corrected chi connectivity index (χ3v) is 6.06. The number of rotatable bonds is 3. The standard InChI is InChI=1S/C19H23N5O3S/c1-22-7-9-23(10-8-22)19(26)18(25)20-17-15-11-28-12-16(15)21-24(17)13-3-5-14(27-2)6-4-13/h3-6H,7-12H2,1-2H3,(H,20,25). The molecule has 0 spiro atoms. The Labute approximate surface area is 167 Å². The van der Waals surface area contributed by atoms with Crippen molar-refractivity contribution in [2.24, 2.45) is 0 Å². The van der Waals surface area contributed by atoms with E-state index in [4.69, 9.17) is 4.74 Å². The summed E-state index contributed by atoms with van der Waals surface area (Å²) in [7, 11) is 3.63. The Morgan fingerprint density at radius 2 is 1.82 bits per heavy atom. The Morgan fingerprint density at radius 1 is 1.11 bits per heavy atom. The molecule has 0 saturated carbocycles. The third-order valence-electron chi connectivity index (χ3n) is 5.09. The molecule has 0 bridgehead atoms. The number of ether oxygens (including phenoxy) is 1. The predicted octanol–water partition coefficient (Wildman–Crippen LogP) is 1.34. The van der Waals surface area contributed by atoms with E-state index in [-0.39, 0.29) is 0 Å². The maximum atomic E-state index is 12.7. The zero-order chi connectivity index (χ0) is 19.7. The summed E-state index contributed by atoms with van der Waals surface area (Å²) in [4.78, 5) is 29.1. The number of nitrogens with zero attached hydrogens (tertiary/aromatic N) is 4. The van der Waals surface area contributed by atoms with E-state index in [1.807, 2.05) is 31.3 Å². The summed E-state index contributed by atoms with van der Waals surface area (Å²) in [5.41, 5.74) is 2.74. The minimum absolute atomic E-state index is 0.491. The van der Waals surface area contributed by atoms with E-state index in [1.165, 1.54) is 0 Å². The van der Waals surface area contributed by atoms with Gasteiger partial charge in [-0.05, 0) is 31.3 Å². The number of carbonyl (C=O) groups is 2. The van der Waals surface area contributed by atoms with Gasteiger partial charge in [0, 0.05) is 43.2 Å². The number of methoxy groups -OCH3 is 1. The van der Waals surface area contributed by atoms with Crippen LogP contribution in [0.2, 0.25) is 0 Å². The van der Waals surface area contributed by atoms with Crippen LogP contribution in [0.15, 0.2) is 24.3 Å². The van der Waals surface area contributed by atoms with E-state index in [1.54, 1.807) is 28.5 Å². The Kier molecular flexibility index (Phi) is 5.27. The van der Waals surface area contributed by atoms with Gasteiger partial charge in [-0.3, -0.25) is 9.59 Å². The molecule has 2 aliphatic rings. The lowest BCUT2D eigenvalue weighted by Gasteiger charge is -2.31. The largest absolute Gasteiger partial charge is 0.497 e. The molecule has 8 nitrogen and oxygen atoms in total. The first-order valence-corrected chi connectivity index (χ1v) is 10.3. The molecule has 2 amide bonds. The van der Waals surface area contributed by atoms with Crippen molar-refractivity contribution in [3.8, 4) is 11.4 Å². The van der Waals surface area contributed by atoms with Crippen molar-refractivity contribution in [1.82, 2.24) is 19.6 Å². The number of hydrogen-bond acceptors (Lipinski definition) is 6. The van der Waals surface area contributed by atoms with Crippen molar-refractivity contribution in [2.45, 2.75) is 11.5 Å². The van der Waals surface area contributed by atoms with Gasteiger partial charge in [0.1, 0.15) is 11.6 Å². The lowest BCUT2D eigenvalue weighted by molar-refractivity contribution is -0.144. The average molecular weight is 401 g/mol. The Balaban J connectivity index is 1.58. The number of aromatic nitrogens is 2. The molecule has 148 valence electrons. The first kappa shape index (κ1) is 18.8. The van der Waals surface area contributed by atoms with E-state index in [9.17, 15) is 9.59 Å². The number of amides is 2. The van der Waals surface area contributed by atoms with Gasteiger partial charge in [-0.2, -0.15) is 16.9 Å². The number of piperazine rings is 1. The fourth-order valence-corrected chi connectivity index (χ4v) is 4.40. The number of nitrogens with one attached hydrogen (secondary N) is 1. The van der Waals surface area contributed by atoms with Crippen LogP contribution in [0.3, 0.4) is 0 Å². The highest BCUT2D eigenvalue weighted by Crippen LogP contribution is 2.36. The molecule has 4 rings (SSSR count). The first-order chi connectivity index (χ1) is 13.6. The number of hydrogen-bond donors (Lipinski definition) is 1. The van der Waals surface area contributed by atoms with Crippen molar-refractivity contribution in [1.29, 1.82) is 0 Å². The molecule has 1 N–H and O–H groups in total. The fraction of sp³-hybridized carbons (Fsp3) is 0.421. The van der Waals surface area contributed by atoms with Gasteiger partial charge < -0.3 is 19.9 Å². The molecular formula is C19H23N5O3S. The second-order valence-corrected chi connectivity index (χ2v) is 7.91. The van der Waals surface area contributed by atoms with Gasteiger partial charge in [-0.1, -0.05) is 0 Å². The molecule has 0 unspecified atom stereocenters. The molecule has 28 heavy (non-hydrogen) atoms. The summed E-state index contributed by atoms with van der Waals surface area (Å²) in [6.07, 6.45) is 0. The third kappa shape index (κ3) is 3.59. The van der Waals surface area contributed by atoms with Crippen molar-refractivity contribution in [2.75, 3.05) is 45.7 Å². The molecule has 2 aliphatic heterocycles. The summed E-state index contributed by atoms with van der Waals surface area (Å²) < 4.78 is 6.92. The molecule has 0 radical (unpaired) electrons. The van der Waals surface area contributed by atoms with Gasteiger partial charge in [0.25, 0.3) is 0 Å². The number of carbonyl (C=O) groups excluding carboxylic acids is 2. The van der Waals surface area contributed by atoms with E-state index in [2.05, 4.69) is 15.3 Å². The van der Waals surface area contributed by atoms with Crippen LogP contribution in [-0.2, 0) is 21.1 Å². The second kappa shape index (κ2) is 7.84. The normalized spacial score (nSPS) is 16.7. The van der Waals surface area contributed by atoms with Crippen molar-refractivity contribution < 1.29 is 14.3 Å². The summed E-state index contributed by atoms with van der Waals surface area (Å²) in [6.45, 7) is 2.67. The van der Waals surface area contributed by atoms with Crippen molar-refractivity contribution >= 4 is 29.4 Å². The Morgan fingerprint density at radius 3 is 2.50 bits per heavy atom. The minimum Gasteiger partial charge on any atom is -0.497 e. The molecule has 9 heteroatoms. The minimum atomic E-state index is -0.612. The number of benzene rings is 1. The quantitative estimate of drug-likeness (QED) is 0.782. The topological polar surface area (TPSA) is 79.7 Å². The Bertz CT molecular complexity index is 888. The SMILES string of the molecule is COc1ccc(-n2nc3c(c2NC(=O)C(=O)N2CCN(C)CC2)CSC3)cc1. The molecule has 0 atom stereocenters. The lowest BCUT2D eigenvalue weighted by atomic mass is 10.2. The summed E-state index contributed by atoms with van der Waals surface area (Å²) >= 11 is 1.75.